The summed E-state index contributed by atoms with van der Waals surface area (Å²) < 4.78 is 24.0. The molecular formula is C12H18N4O2S. The summed E-state index contributed by atoms with van der Waals surface area (Å²) in [7, 11) is -2.93. The molecule has 2 aromatic heterocycles. The third-order valence-electron chi connectivity index (χ3n) is 3.04. The van der Waals surface area contributed by atoms with Crippen molar-refractivity contribution in [2.24, 2.45) is 5.84 Å². The van der Waals surface area contributed by atoms with Crippen molar-refractivity contribution < 1.29 is 8.42 Å². The lowest BCUT2D eigenvalue weighted by molar-refractivity contribution is 0.510. The number of rotatable bonds is 6. The van der Waals surface area contributed by atoms with Crippen LogP contribution in [0, 0.1) is 0 Å². The van der Waals surface area contributed by atoms with E-state index in [-0.39, 0.29) is 11.8 Å². The van der Waals surface area contributed by atoms with Crippen LogP contribution in [-0.2, 0) is 9.84 Å². The van der Waals surface area contributed by atoms with E-state index in [2.05, 4.69) is 10.5 Å². The minimum atomic E-state index is -2.93. The van der Waals surface area contributed by atoms with E-state index in [1.165, 1.54) is 6.26 Å². The summed E-state index contributed by atoms with van der Waals surface area (Å²) in [6.07, 6.45) is 6.09. The fourth-order valence-corrected chi connectivity index (χ4v) is 2.79. The van der Waals surface area contributed by atoms with Gasteiger partial charge in [0.25, 0.3) is 0 Å². The Kier molecular flexibility index (Phi) is 4.18. The number of fused-ring (bicyclic) bond motifs is 1. The lowest BCUT2D eigenvalue weighted by atomic mass is 10.0. The van der Waals surface area contributed by atoms with Crippen LogP contribution in [-0.4, -0.2) is 30.0 Å². The van der Waals surface area contributed by atoms with Crippen LogP contribution in [0.2, 0.25) is 0 Å². The van der Waals surface area contributed by atoms with Crippen molar-refractivity contribution in [1.82, 2.24) is 15.0 Å². The number of sulfone groups is 1. The molecule has 0 radical (unpaired) electrons. The first-order chi connectivity index (χ1) is 9.01. The molecule has 0 aliphatic heterocycles. The van der Waals surface area contributed by atoms with Crippen molar-refractivity contribution in [1.29, 1.82) is 0 Å². The molecule has 0 aliphatic carbocycles. The van der Waals surface area contributed by atoms with E-state index in [4.69, 9.17) is 5.84 Å². The van der Waals surface area contributed by atoms with E-state index in [0.717, 1.165) is 11.1 Å². The zero-order valence-electron chi connectivity index (χ0n) is 10.8. The number of hydrogen-bond acceptors (Lipinski definition) is 5. The molecule has 0 saturated heterocycles. The van der Waals surface area contributed by atoms with Gasteiger partial charge in [-0.2, -0.15) is 5.10 Å². The fourth-order valence-electron chi connectivity index (χ4n) is 2.10. The topological polar surface area (TPSA) is 89.5 Å². The predicted molar refractivity (Wildman–Crippen MR) is 74.2 cm³/mol. The third kappa shape index (κ3) is 3.52. The molecular weight excluding hydrogens is 264 g/mol. The van der Waals surface area contributed by atoms with Crippen molar-refractivity contribution in [3.63, 3.8) is 0 Å². The van der Waals surface area contributed by atoms with Crippen molar-refractivity contribution in [3.8, 4) is 0 Å². The molecule has 3 N–H and O–H groups in total. The van der Waals surface area contributed by atoms with Crippen LogP contribution >= 0.6 is 0 Å². The average Bonchev–Trinajstić information content (AvgIpc) is 2.77. The second kappa shape index (κ2) is 5.68. The molecule has 0 aromatic carbocycles. The Hall–Kier alpha value is -1.44. The zero-order valence-corrected chi connectivity index (χ0v) is 11.6. The van der Waals surface area contributed by atoms with Crippen LogP contribution in [0.4, 0.5) is 0 Å². The van der Waals surface area contributed by atoms with Crippen molar-refractivity contribution >= 4 is 15.4 Å². The van der Waals surface area contributed by atoms with Gasteiger partial charge in [0.15, 0.2) is 0 Å². The van der Waals surface area contributed by atoms with E-state index >= 15 is 0 Å². The summed E-state index contributed by atoms with van der Waals surface area (Å²) in [5.74, 6) is 5.74. The normalized spacial score (nSPS) is 13.8. The largest absolute Gasteiger partial charge is 0.271 e. The molecule has 0 aliphatic rings. The molecule has 1 unspecified atom stereocenters. The maximum Gasteiger partial charge on any atom is 0.147 e. The molecule has 0 fully saturated rings. The molecule has 0 saturated carbocycles. The molecule has 2 rings (SSSR count). The second-order valence-corrected chi connectivity index (χ2v) is 6.88. The average molecular weight is 282 g/mol. The van der Waals surface area contributed by atoms with Crippen molar-refractivity contribution in [3.05, 3.63) is 36.2 Å². The number of hydrazine groups is 1. The standard InChI is InChI=1S/C12H18N4O2S/c1-19(17,18)8-4-5-11(15-13)10-9-14-16-7-3-2-6-12(10)16/h2-3,6-7,9,11,15H,4-5,8,13H2,1H3. The Labute approximate surface area is 112 Å². The van der Waals surface area contributed by atoms with Gasteiger partial charge in [-0.1, -0.05) is 6.07 Å². The highest BCUT2D eigenvalue weighted by atomic mass is 32.2. The van der Waals surface area contributed by atoms with Crippen molar-refractivity contribution in [2.45, 2.75) is 18.9 Å². The highest BCUT2D eigenvalue weighted by molar-refractivity contribution is 7.90. The van der Waals surface area contributed by atoms with Gasteiger partial charge in [0.1, 0.15) is 9.84 Å². The van der Waals surface area contributed by atoms with E-state index in [9.17, 15) is 8.42 Å². The Morgan fingerprint density at radius 3 is 2.95 bits per heavy atom. The third-order valence-corrected chi connectivity index (χ3v) is 4.07. The first-order valence-electron chi connectivity index (χ1n) is 6.07. The quantitative estimate of drug-likeness (QED) is 0.600. The fraction of sp³-hybridized carbons (Fsp3) is 0.417. The van der Waals surface area contributed by atoms with Gasteiger partial charge >= 0.3 is 0 Å². The first-order valence-corrected chi connectivity index (χ1v) is 8.13. The predicted octanol–water partition coefficient (Wildman–Crippen LogP) is 0.664. The van der Waals surface area contributed by atoms with Gasteiger partial charge in [-0.05, 0) is 25.0 Å². The molecule has 6 nitrogen and oxygen atoms in total. The first kappa shape index (κ1) is 14.0. The van der Waals surface area contributed by atoms with Crippen LogP contribution < -0.4 is 11.3 Å². The molecule has 7 heteroatoms. The summed E-state index contributed by atoms with van der Waals surface area (Å²) in [6.45, 7) is 0. The van der Waals surface area contributed by atoms with E-state index in [0.29, 0.717) is 12.8 Å². The van der Waals surface area contributed by atoms with Crippen molar-refractivity contribution in [2.75, 3.05) is 12.0 Å². The van der Waals surface area contributed by atoms with Crippen LogP contribution in [0.25, 0.3) is 5.52 Å². The van der Waals surface area contributed by atoms with Gasteiger partial charge < -0.3 is 0 Å². The molecule has 0 spiro atoms. The summed E-state index contributed by atoms with van der Waals surface area (Å²) in [4.78, 5) is 0. The van der Waals surface area contributed by atoms with Crippen LogP contribution in [0.3, 0.4) is 0 Å². The smallest absolute Gasteiger partial charge is 0.147 e. The number of hydrogen-bond donors (Lipinski definition) is 2. The van der Waals surface area contributed by atoms with E-state index in [1.54, 1.807) is 10.7 Å². The minimum Gasteiger partial charge on any atom is -0.271 e. The van der Waals surface area contributed by atoms with E-state index < -0.39 is 9.84 Å². The second-order valence-electron chi connectivity index (χ2n) is 4.62. The molecule has 19 heavy (non-hydrogen) atoms. The number of pyridine rings is 1. The Balaban J connectivity index is 2.13. The van der Waals surface area contributed by atoms with Crippen LogP contribution in [0.5, 0.6) is 0 Å². The highest BCUT2D eigenvalue weighted by Gasteiger charge is 2.15. The van der Waals surface area contributed by atoms with Crippen LogP contribution in [0.15, 0.2) is 30.6 Å². The van der Waals surface area contributed by atoms with Gasteiger partial charge in [-0.15, -0.1) is 0 Å². The van der Waals surface area contributed by atoms with Crippen LogP contribution in [0.1, 0.15) is 24.4 Å². The lowest BCUT2D eigenvalue weighted by Crippen LogP contribution is -2.28. The molecule has 104 valence electrons. The Morgan fingerprint density at radius 1 is 1.47 bits per heavy atom. The Bertz CT molecular complexity index is 651. The van der Waals surface area contributed by atoms with Gasteiger partial charge in [0.05, 0.1) is 11.7 Å². The minimum absolute atomic E-state index is 0.0957. The number of nitrogens with zero attached hydrogens (tertiary/aromatic N) is 2. The van der Waals surface area contributed by atoms with E-state index in [1.807, 2.05) is 24.4 Å². The molecule has 1 atom stereocenters. The monoisotopic (exact) mass is 282 g/mol. The maximum absolute atomic E-state index is 11.1. The highest BCUT2D eigenvalue weighted by Crippen LogP contribution is 2.22. The number of nitrogens with one attached hydrogen (secondary N) is 1. The molecule has 0 amide bonds. The number of aromatic nitrogens is 2. The van der Waals surface area contributed by atoms with Gasteiger partial charge in [-0.3, -0.25) is 11.3 Å². The van der Waals surface area contributed by atoms with Gasteiger partial charge in [0, 0.05) is 29.8 Å². The summed E-state index contributed by atoms with van der Waals surface area (Å²) in [6, 6.07) is 5.70. The number of nitrogens with two attached hydrogens (primary N) is 1. The van der Waals surface area contributed by atoms with Gasteiger partial charge in [-0.25, -0.2) is 12.9 Å². The maximum atomic E-state index is 11.1. The summed E-state index contributed by atoms with van der Waals surface area (Å²) in [5.41, 5.74) is 4.69. The van der Waals surface area contributed by atoms with Gasteiger partial charge in [0.2, 0.25) is 0 Å². The molecule has 2 aromatic rings. The SMILES string of the molecule is CS(=O)(=O)CCCC(NN)c1cnn2ccccc12. The Morgan fingerprint density at radius 2 is 2.26 bits per heavy atom. The summed E-state index contributed by atoms with van der Waals surface area (Å²) in [5, 5.41) is 4.25. The lowest BCUT2D eigenvalue weighted by Gasteiger charge is -2.14. The molecule has 2 heterocycles. The summed E-state index contributed by atoms with van der Waals surface area (Å²) >= 11 is 0. The molecule has 0 bridgehead atoms. The zero-order chi connectivity index (χ0) is 13.9.